The van der Waals surface area contributed by atoms with Crippen LogP contribution < -0.4 is 11.1 Å². The lowest BCUT2D eigenvalue weighted by Gasteiger charge is -2.18. The van der Waals surface area contributed by atoms with E-state index in [-0.39, 0.29) is 11.1 Å². The fourth-order valence-corrected chi connectivity index (χ4v) is 7.94. The first-order chi connectivity index (χ1) is 10.5. The molecule has 0 amide bonds. The van der Waals surface area contributed by atoms with Gasteiger partial charge in [0, 0.05) is 0 Å². The molecule has 0 saturated carbocycles. The Morgan fingerprint density at radius 1 is 0.480 bits per heavy atom. The molecule has 0 heterocycles. The van der Waals surface area contributed by atoms with Crippen LogP contribution >= 0.6 is 0 Å². The molecule has 25 heavy (non-hydrogen) atoms. The second-order valence-corrected chi connectivity index (χ2v) is 11.7. The van der Waals surface area contributed by atoms with E-state index in [0.717, 1.165) is 0 Å². The minimum Gasteiger partial charge on any atom is -0.257 e. The average Bonchev–Trinajstić information content (AvgIpc) is 2.21. The molecule has 3 N–H and O–H groups in total. The third-order valence-electron chi connectivity index (χ3n) is 1.73. The van der Waals surface area contributed by atoms with Gasteiger partial charge in [-0.3, -0.25) is 11.1 Å². The highest BCUT2D eigenvalue weighted by atomic mass is 32.2. The van der Waals surface area contributed by atoms with E-state index in [1.54, 1.807) is 0 Å². The number of hydrogen-bond acceptors (Lipinski definition) is 6. The number of halogens is 9. The van der Waals surface area contributed by atoms with Crippen LogP contribution in [-0.2, 0) is 30.1 Å². The summed E-state index contributed by atoms with van der Waals surface area (Å²) >= 11 is -5.58. The smallest absolute Gasteiger partial charge is 0.257 e. The molecule has 9 nitrogen and oxygen atoms in total. The summed E-state index contributed by atoms with van der Waals surface area (Å²) in [5.41, 5.74) is -18.9. The van der Waals surface area contributed by atoms with Gasteiger partial charge in [0.2, 0.25) is 0 Å². The fourth-order valence-electron chi connectivity index (χ4n) is 0.738. The highest BCUT2D eigenvalue weighted by Crippen LogP contribution is 2.25. The first-order valence-electron chi connectivity index (χ1n) is 4.79. The van der Waals surface area contributed by atoms with Crippen LogP contribution in [0.5, 0.6) is 0 Å². The van der Waals surface area contributed by atoms with Gasteiger partial charge in [0.1, 0.15) is 0 Å². The maximum absolute atomic E-state index is 12.1. The molecular formula is C3H3AlF9N3O6S3. The summed E-state index contributed by atoms with van der Waals surface area (Å²) in [4.78, 5) is 0. The normalized spacial score (nSPS) is 15.2. The number of alkyl halides is 9. The van der Waals surface area contributed by atoms with Crippen LogP contribution in [0.15, 0.2) is 0 Å². The minimum absolute atomic E-state index is 0.0953. The Morgan fingerprint density at radius 2 is 0.640 bits per heavy atom. The molecule has 0 aliphatic rings. The molecule has 0 bridgehead atoms. The average molecular weight is 471 g/mol. The topological polar surface area (TPSA) is 139 Å². The van der Waals surface area contributed by atoms with Gasteiger partial charge in [0.05, 0.1) is 0 Å². The number of sulfonamides is 3. The van der Waals surface area contributed by atoms with Crippen LogP contribution in [0.4, 0.5) is 39.5 Å². The van der Waals surface area contributed by atoms with E-state index in [9.17, 15) is 64.8 Å². The van der Waals surface area contributed by atoms with Gasteiger partial charge < -0.3 is 0 Å². The van der Waals surface area contributed by atoms with Crippen molar-refractivity contribution in [3.8, 4) is 0 Å². The van der Waals surface area contributed by atoms with Gasteiger partial charge in [0.25, 0.3) is 30.1 Å². The van der Waals surface area contributed by atoms with E-state index in [1.807, 2.05) is 0 Å². The van der Waals surface area contributed by atoms with Crippen molar-refractivity contribution in [3.63, 3.8) is 0 Å². The predicted molar refractivity (Wildman–Crippen MR) is 60.1 cm³/mol. The molecule has 0 aliphatic heterocycles. The molecule has 0 aromatic carbocycles. The first-order valence-corrected chi connectivity index (χ1v) is 11.0. The van der Waals surface area contributed by atoms with Crippen molar-refractivity contribution in [1.82, 2.24) is 11.1 Å². The summed E-state index contributed by atoms with van der Waals surface area (Å²) in [7, 11) is -20.1. The molecule has 0 unspecified atom stereocenters. The monoisotopic (exact) mass is 471 g/mol. The Balaban J connectivity index is 5.96. The van der Waals surface area contributed by atoms with Gasteiger partial charge in [-0.15, -0.1) is 0 Å². The maximum Gasteiger partial charge on any atom is 0.644 e. The molecule has 0 fully saturated rings. The molecule has 0 atom stereocenters. The highest BCUT2D eigenvalue weighted by Gasteiger charge is 2.56. The van der Waals surface area contributed by atoms with Crippen LogP contribution in [0.3, 0.4) is 0 Å². The van der Waals surface area contributed by atoms with Crippen molar-refractivity contribution in [2.75, 3.05) is 0 Å². The summed E-state index contributed by atoms with van der Waals surface area (Å²) in [5, 5.41) is 0. The second kappa shape index (κ2) is 6.98. The number of nitrogens with one attached hydrogen (secondary N) is 3. The molecule has 0 spiro atoms. The maximum atomic E-state index is 12.1. The van der Waals surface area contributed by atoms with E-state index in [0.29, 0.717) is 0 Å². The zero-order valence-corrected chi connectivity index (χ0v) is 14.3. The van der Waals surface area contributed by atoms with E-state index >= 15 is 0 Å². The van der Waals surface area contributed by atoms with Gasteiger partial charge >= 0.3 is 31.3 Å². The van der Waals surface area contributed by atoms with E-state index in [2.05, 4.69) is 0 Å². The fraction of sp³-hybridized carbons (Fsp3) is 1.00. The minimum atomic E-state index is -6.71. The summed E-state index contributed by atoms with van der Waals surface area (Å²) in [6, 6.07) is 0. The second-order valence-electron chi connectivity index (χ2n) is 3.63. The quantitative estimate of drug-likeness (QED) is 0.346. The van der Waals surface area contributed by atoms with Gasteiger partial charge in [-0.05, 0) is 0 Å². The largest absolute Gasteiger partial charge is 0.644 e. The van der Waals surface area contributed by atoms with Crippen LogP contribution in [0.1, 0.15) is 0 Å². The summed E-state index contributed by atoms with van der Waals surface area (Å²) < 4.78 is 173. The Labute approximate surface area is 137 Å². The van der Waals surface area contributed by atoms with Crippen LogP contribution in [0.2, 0.25) is 0 Å². The Hall–Kier alpha value is -0.368. The van der Waals surface area contributed by atoms with Crippen molar-refractivity contribution >= 4 is 44.9 Å². The molecule has 0 rings (SSSR count). The first kappa shape index (κ1) is 24.6. The van der Waals surface area contributed by atoms with Crippen molar-refractivity contribution in [1.29, 1.82) is 0 Å². The number of hydrogen-bond donors (Lipinski definition) is 3. The predicted octanol–water partition coefficient (Wildman–Crippen LogP) is -0.711. The molecule has 0 aliphatic carbocycles. The third kappa shape index (κ3) is 6.38. The molecule has 0 saturated heterocycles. The lowest BCUT2D eigenvalue weighted by molar-refractivity contribution is -0.0443. The van der Waals surface area contributed by atoms with Gasteiger partial charge in [-0.2, -0.15) is 39.5 Å². The van der Waals surface area contributed by atoms with Crippen molar-refractivity contribution in [2.24, 2.45) is 0 Å². The standard InChI is InChI=1S/3CHF3NO2S.Al/c3*2-1(3,4)8(5,6)7;/h3*(H-,5,6,7);/q3*-1;+3. The molecular weight excluding hydrogens is 468 g/mol. The lowest BCUT2D eigenvalue weighted by Crippen LogP contribution is -2.66. The molecule has 22 heteroatoms. The van der Waals surface area contributed by atoms with Crippen LogP contribution in [0, 0.1) is 0 Å². The van der Waals surface area contributed by atoms with E-state index < -0.39 is 61.4 Å². The zero-order valence-electron chi connectivity index (χ0n) is 10.7. The molecule has 0 aromatic heterocycles. The van der Waals surface area contributed by atoms with Crippen LogP contribution in [-0.4, -0.2) is 56.6 Å². The summed E-state index contributed by atoms with van der Waals surface area (Å²) in [6.07, 6.45) is 0. The van der Waals surface area contributed by atoms with E-state index in [4.69, 9.17) is 0 Å². The Kier molecular flexibility index (Phi) is 6.88. The Morgan fingerprint density at radius 3 is 0.760 bits per heavy atom. The van der Waals surface area contributed by atoms with Crippen molar-refractivity contribution < 1.29 is 64.8 Å². The van der Waals surface area contributed by atoms with Gasteiger partial charge in [-0.1, -0.05) is 0 Å². The summed E-state index contributed by atoms with van der Waals surface area (Å²) in [5.74, 6) is 0. The summed E-state index contributed by atoms with van der Waals surface area (Å²) in [6.45, 7) is 0. The van der Waals surface area contributed by atoms with Crippen molar-refractivity contribution in [2.45, 2.75) is 16.5 Å². The SMILES string of the molecule is O=S(=O)([NH][Al]([NH]S(=O)(=O)C(F)(F)F)[NH]S(=O)(=O)C(F)(F)F)C(F)(F)F. The molecule has 0 aromatic rings. The van der Waals surface area contributed by atoms with Gasteiger partial charge in [0.15, 0.2) is 0 Å². The number of rotatable bonds is 6. The molecule has 0 radical (unpaired) electrons. The Bertz CT molecular complexity index is 685. The van der Waals surface area contributed by atoms with Crippen molar-refractivity contribution in [3.05, 3.63) is 0 Å². The zero-order chi connectivity index (χ0) is 20.7. The van der Waals surface area contributed by atoms with E-state index in [1.165, 1.54) is 0 Å². The van der Waals surface area contributed by atoms with Gasteiger partial charge in [-0.25, -0.2) is 25.3 Å². The van der Waals surface area contributed by atoms with Crippen LogP contribution in [0.25, 0.3) is 0 Å². The molecule has 150 valence electrons. The highest BCUT2D eigenvalue weighted by molar-refractivity contribution is 7.95. The lowest BCUT2D eigenvalue weighted by atomic mass is 11.6. The third-order valence-corrected chi connectivity index (χ3v) is 10.1.